The predicted molar refractivity (Wildman–Crippen MR) is 81.7 cm³/mol. The smallest absolute Gasteiger partial charge is 0.231 e. The highest BCUT2D eigenvalue weighted by atomic mass is 16.7. The minimum Gasteiger partial charge on any atom is -0.454 e. The standard InChI is InChI=1S/C17H24N2O2/c1-12(13-6-7-16-17(10-13)21-11-20-16)19-9-3-5-15(19)14-4-2-8-18-14/h6-7,10,12,14-15,18H,2-5,8-9,11H2,1H3. The molecule has 4 heteroatoms. The molecular formula is C17H24N2O2. The summed E-state index contributed by atoms with van der Waals surface area (Å²) in [5.41, 5.74) is 1.34. The summed E-state index contributed by atoms with van der Waals surface area (Å²) in [4.78, 5) is 2.68. The van der Waals surface area contributed by atoms with Crippen LogP contribution >= 0.6 is 0 Å². The highest BCUT2D eigenvalue weighted by Gasteiger charge is 2.36. The van der Waals surface area contributed by atoms with Crippen LogP contribution in [0.25, 0.3) is 0 Å². The van der Waals surface area contributed by atoms with E-state index in [1.165, 1.54) is 44.3 Å². The van der Waals surface area contributed by atoms with Gasteiger partial charge in [-0.15, -0.1) is 0 Å². The van der Waals surface area contributed by atoms with Crippen LogP contribution in [0, 0.1) is 0 Å². The fourth-order valence-electron chi connectivity index (χ4n) is 4.13. The van der Waals surface area contributed by atoms with Gasteiger partial charge in [-0.2, -0.15) is 0 Å². The van der Waals surface area contributed by atoms with Crippen molar-refractivity contribution in [2.45, 2.75) is 50.7 Å². The Labute approximate surface area is 126 Å². The van der Waals surface area contributed by atoms with E-state index in [1.54, 1.807) is 0 Å². The molecule has 1 aromatic carbocycles. The zero-order chi connectivity index (χ0) is 14.2. The van der Waals surface area contributed by atoms with Crippen molar-refractivity contribution in [3.63, 3.8) is 0 Å². The fraction of sp³-hybridized carbons (Fsp3) is 0.647. The summed E-state index contributed by atoms with van der Waals surface area (Å²) < 4.78 is 10.9. The molecule has 3 atom stereocenters. The molecule has 0 aliphatic carbocycles. The molecule has 0 radical (unpaired) electrons. The molecule has 0 spiro atoms. The molecule has 0 amide bonds. The van der Waals surface area contributed by atoms with E-state index in [1.807, 2.05) is 6.07 Å². The fourth-order valence-corrected chi connectivity index (χ4v) is 4.13. The average Bonchev–Trinajstić information content (AvgIpc) is 3.24. The van der Waals surface area contributed by atoms with Crippen LogP contribution in [0.3, 0.4) is 0 Å². The molecule has 114 valence electrons. The van der Waals surface area contributed by atoms with Gasteiger partial charge in [-0.25, -0.2) is 0 Å². The van der Waals surface area contributed by atoms with Crippen molar-refractivity contribution in [2.75, 3.05) is 19.9 Å². The number of hydrogen-bond acceptors (Lipinski definition) is 4. The van der Waals surface area contributed by atoms with Crippen molar-refractivity contribution in [3.05, 3.63) is 23.8 Å². The maximum absolute atomic E-state index is 5.53. The lowest BCUT2D eigenvalue weighted by atomic mass is 10.0. The van der Waals surface area contributed by atoms with E-state index in [2.05, 4.69) is 29.3 Å². The van der Waals surface area contributed by atoms with Crippen LogP contribution < -0.4 is 14.8 Å². The maximum Gasteiger partial charge on any atom is 0.231 e. The van der Waals surface area contributed by atoms with Gasteiger partial charge in [0.25, 0.3) is 0 Å². The first-order valence-corrected chi connectivity index (χ1v) is 8.21. The Kier molecular flexibility index (Phi) is 3.51. The molecule has 0 aromatic heterocycles. The number of rotatable bonds is 3. The molecular weight excluding hydrogens is 264 g/mol. The molecule has 3 heterocycles. The molecule has 2 fully saturated rings. The molecule has 4 nitrogen and oxygen atoms in total. The van der Waals surface area contributed by atoms with Crippen molar-refractivity contribution in [1.82, 2.24) is 10.2 Å². The Balaban J connectivity index is 1.54. The number of ether oxygens (including phenoxy) is 2. The average molecular weight is 288 g/mol. The quantitative estimate of drug-likeness (QED) is 0.927. The Bertz CT molecular complexity index is 514. The molecule has 3 unspecified atom stereocenters. The highest BCUT2D eigenvalue weighted by molar-refractivity contribution is 5.45. The first kappa shape index (κ1) is 13.4. The number of benzene rings is 1. The van der Waals surface area contributed by atoms with Gasteiger partial charge in [-0.05, 0) is 63.4 Å². The molecule has 1 N–H and O–H groups in total. The summed E-state index contributed by atoms with van der Waals surface area (Å²) in [5, 5.41) is 3.69. The number of hydrogen-bond donors (Lipinski definition) is 1. The van der Waals surface area contributed by atoms with Crippen LogP contribution in [0.2, 0.25) is 0 Å². The number of nitrogens with one attached hydrogen (secondary N) is 1. The minimum absolute atomic E-state index is 0.353. The lowest BCUT2D eigenvalue weighted by Gasteiger charge is -2.34. The van der Waals surface area contributed by atoms with Gasteiger partial charge >= 0.3 is 0 Å². The molecule has 0 bridgehead atoms. The van der Waals surface area contributed by atoms with Gasteiger partial charge < -0.3 is 14.8 Å². The summed E-state index contributed by atoms with van der Waals surface area (Å²) >= 11 is 0. The molecule has 3 aliphatic rings. The second-order valence-corrected chi connectivity index (χ2v) is 6.44. The summed E-state index contributed by atoms with van der Waals surface area (Å²) in [6.45, 7) is 5.07. The van der Waals surface area contributed by atoms with E-state index in [0.29, 0.717) is 24.9 Å². The number of nitrogens with zero attached hydrogens (tertiary/aromatic N) is 1. The minimum atomic E-state index is 0.353. The van der Waals surface area contributed by atoms with Crippen molar-refractivity contribution < 1.29 is 9.47 Å². The largest absolute Gasteiger partial charge is 0.454 e. The van der Waals surface area contributed by atoms with Crippen molar-refractivity contribution in [3.8, 4) is 11.5 Å². The molecule has 4 rings (SSSR count). The van der Waals surface area contributed by atoms with Crippen LogP contribution in [0.4, 0.5) is 0 Å². The van der Waals surface area contributed by atoms with E-state index in [0.717, 1.165) is 11.5 Å². The van der Waals surface area contributed by atoms with Gasteiger partial charge in [-0.3, -0.25) is 4.90 Å². The van der Waals surface area contributed by atoms with Gasteiger partial charge in [0.05, 0.1) is 0 Å². The third kappa shape index (κ3) is 2.40. The monoisotopic (exact) mass is 288 g/mol. The van der Waals surface area contributed by atoms with Crippen LogP contribution in [0.1, 0.15) is 44.2 Å². The van der Waals surface area contributed by atoms with Crippen LogP contribution in [-0.4, -0.2) is 36.9 Å². The Hall–Kier alpha value is -1.26. The SMILES string of the molecule is CC(c1ccc2c(c1)OCO2)N1CCCC1C1CCCN1. The first-order chi connectivity index (χ1) is 10.3. The second-order valence-electron chi connectivity index (χ2n) is 6.44. The number of likely N-dealkylation sites (tertiary alicyclic amines) is 1. The van der Waals surface area contributed by atoms with Crippen molar-refractivity contribution in [1.29, 1.82) is 0 Å². The van der Waals surface area contributed by atoms with Gasteiger partial charge in [0.15, 0.2) is 11.5 Å². The van der Waals surface area contributed by atoms with Crippen LogP contribution in [-0.2, 0) is 0 Å². The maximum atomic E-state index is 5.53. The molecule has 3 aliphatic heterocycles. The normalized spacial score (nSPS) is 30.0. The van der Waals surface area contributed by atoms with E-state index in [-0.39, 0.29) is 0 Å². The van der Waals surface area contributed by atoms with E-state index in [4.69, 9.17) is 9.47 Å². The van der Waals surface area contributed by atoms with Gasteiger partial charge in [0.2, 0.25) is 6.79 Å². The summed E-state index contributed by atoms with van der Waals surface area (Å²) in [5.74, 6) is 1.77. The lowest BCUT2D eigenvalue weighted by Crippen LogP contribution is -2.44. The first-order valence-electron chi connectivity index (χ1n) is 8.21. The predicted octanol–water partition coefficient (Wildman–Crippen LogP) is 2.69. The third-order valence-electron chi connectivity index (χ3n) is 5.28. The van der Waals surface area contributed by atoms with E-state index < -0.39 is 0 Å². The zero-order valence-electron chi connectivity index (χ0n) is 12.7. The second kappa shape index (κ2) is 5.50. The van der Waals surface area contributed by atoms with Crippen LogP contribution in [0.5, 0.6) is 11.5 Å². The molecule has 2 saturated heterocycles. The summed E-state index contributed by atoms with van der Waals surface area (Å²) in [6.07, 6.45) is 5.30. The van der Waals surface area contributed by atoms with Crippen LogP contribution in [0.15, 0.2) is 18.2 Å². The van der Waals surface area contributed by atoms with Gasteiger partial charge in [0, 0.05) is 18.1 Å². The summed E-state index contributed by atoms with van der Waals surface area (Å²) in [6, 6.07) is 8.21. The zero-order valence-corrected chi connectivity index (χ0v) is 12.7. The Morgan fingerprint density at radius 2 is 2.10 bits per heavy atom. The van der Waals surface area contributed by atoms with E-state index in [9.17, 15) is 0 Å². The molecule has 0 saturated carbocycles. The van der Waals surface area contributed by atoms with Crippen molar-refractivity contribution in [2.24, 2.45) is 0 Å². The topological polar surface area (TPSA) is 33.7 Å². The Morgan fingerprint density at radius 1 is 1.19 bits per heavy atom. The van der Waals surface area contributed by atoms with Gasteiger partial charge in [0.1, 0.15) is 0 Å². The Morgan fingerprint density at radius 3 is 2.95 bits per heavy atom. The molecule has 21 heavy (non-hydrogen) atoms. The molecule has 1 aromatic rings. The number of fused-ring (bicyclic) bond motifs is 1. The lowest BCUT2D eigenvalue weighted by molar-refractivity contribution is 0.162. The van der Waals surface area contributed by atoms with E-state index >= 15 is 0 Å². The third-order valence-corrected chi connectivity index (χ3v) is 5.28. The highest BCUT2D eigenvalue weighted by Crippen LogP contribution is 2.38. The summed E-state index contributed by atoms with van der Waals surface area (Å²) in [7, 11) is 0. The van der Waals surface area contributed by atoms with Gasteiger partial charge in [-0.1, -0.05) is 6.07 Å². The van der Waals surface area contributed by atoms with Crippen molar-refractivity contribution >= 4 is 0 Å².